The number of ether oxygens (including phenoxy) is 1. The van der Waals surface area contributed by atoms with Crippen LogP contribution in [-0.4, -0.2) is 33.7 Å². The number of carbonyl (C=O) groups excluding carboxylic acids is 2. The second kappa shape index (κ2) is 8.10. The number of cyclic esters (lactones) is 1. The summed E-state index contributed by atoms with van der Waals surface area (Å²) < 4.78 is 60.5. The van der Waals surface area contributed by atoms with Crippen LogP contribution in [0.25, 0.3) is 0 Å². The van der Waals surface area contributed by atoms with E-state index in [9.17, 15) is 42.4 Å². The molecule has 0 saturated heterocycles. The number of carbonyl (C=O) groups is 2. The summed E-state index contributed by atoms with van der Waals surface area (Å²) in [5.74, 6) is -3.65. The number of rotatable bonds is 6. The number of esters is 1. The van der Waals surface area contributed by atoms with Crippen molar-refractivity contribution in [3.05, 3.63) is 69.0 Å². The second-order valence-corrected chi connectivity index (χ2v) is 8.24. The zero-order valence-electron chi connectivity index (χ0n) is 17.3. The van der Waals surface area contributed by atoms with Gasteiger partial charge in [-0.3, -0.25) is 14.9 Å². The van der Waals surface area contributed by atoms with Crippen LogP contribution in [0.5, 0.6) is 0 Å². The molecule has 0 aliphatic carbocycles. The molecule has 33 heavy (non-hydrogen) atoms. The van der Waals surface area contributed by atoms with Crippen LogP contribution in [0.2, 0.25) is 0 Å². The van der Waals surface area contributed by atoms with Crippen LogP contribution in [0.4, 0.5) is 28.9 Å². The van der Waals surface area contributed by atoms with Crippen molar-refractivity contribution in [1.82, 2.24) is 0 Å². The number of nitrogens with one attached hydrogen (secondary N) is 1. The highest BCUT2D eigenvalue weighted by Gasteiger charge is 2.61. The first-order valence-electron chi connectivity index (χ1n) is 9.51. The number of amides is 1. The maximum absolute atomic E-state index is 14.0. The molecule has 2 aromatic carbocycles. The van der Waals surface area contributed by atoms with E-state index in [1.807, 2.05) is 5.32 Å². The molecule has 12 heteroatoms. The molecular weight excluding hydrogens is 452 g/mol. The number of nitro benzene ring substituents is 1. The molecule has 2 N–H and O–H groups in total. The summed E-state index contributed by atoms with van der Waals surface area (Å²) in [5.41, 5.74) is -6.00. The molecule has 0 radical (unpaired) electrons. The van der Waals surface area contributed by atoms with Gasteiger partial charge in [-0.15, -0.1) is 0 Å². The molecule has 176 valence electrons. The SMILES string of the molecule is CC(C)(CC(O)(C(=O)Nc1ccc2c(c1)COC2=O)C(F)(F)F)c1ccc([N+](=O)[O-])c(F)c1. The van der Waals surface area contributed by atoms with Crippen LogP contribution < -0.4 is 5.32 Å². The van der Waals surface area contributed by atoms with E-state index in [0.29, 0.717) is 11.6 Å². The van der Waals surface area contributed by atoms with Gasteiger partial charge < -0.3 is 15.2 Å². The van der Waals surface area contributed by atoms with Gasteiger partial charge in [-0.05, 0) is 35.2 Å². The Hall–Kier alpha value is -3.54. The number of aliphatic hydroxyl groups is 1. The number of hydrogen-bond donors (Lipinski definition) is 2. The monoisotopic (exact) mass is 470 g/mol. The van der Waals surface area contributed by atoms with E-state index in [0.717, 1.165) is 12.1 Å². The van der Waals surface area contributed by atoms with Crippen molar-refractivity contribution in [3.8, 4) is 0 Å². The van der Waals surface area contributed by atoms with E-state index in [4.69, 9.17) is 4.74 Å². The predicted molar refractivity (Wildman–Crippen MR) is 106 cm³/mol. The highest BCUT2D eigenvalue weighted by molar-refractivity contribution is 5.99. The van der Waals surface area contributed by atoms with Gasteiger partial charge in [-0.25, -0.2) is 4.79 Å². The van der Waals surface area contributed by atoms with Crippen molar-refractivity contribution in [1.29, 1.82) is 0 Å². The summed E-state index contributed by atoms with van der Waals surface area (Å²) >= 11 is 0. The van der Waals surface area contributed by atoms with Crippen molar-refractivity contribution in [2.45, 2.75) is 44.1 Å². The summed E-state index contributed by atoms with van der Waals surface area (Å²) in [5, 5.41) is 23.3. The Balaban J connectivity index is 1.91. The van der Waals surface area contributed by atoms with Gasteiger partial charge in [-0.2, -0.15) is 17.6 Å². The third-order valence-corrected chi connectivity index (χ3v) is 5.41. The lowest BCUT2D eigenvalue weighted by Crippen LogP contribution is -2.57. The third kappa shape index (κ3) is 4.51. The van der Waals surface area contributed by atoms with Crippen LogP contribution >= 0.6 is 0 Å². The van der Waals surface area contributed by atoms with E-state index in [1.165, 1.54) is 32.0 Å². The highest BCUT2D eigenvalue weighted by Crippen LogP contribution is 2.42. The van der Waals surface area contributed by atoms with Crippen molar-refractivity contribution in [3.63, 3.8) is 0 Å². The van der Waals surface area contributed by atoms with Gasteiger partial charge in [0.25, 0.3) is 5.91 Å². The van der Waals surface area contributed by atoms with Crippen molar-refractivity contribution >= 4 is 23.3 Å². The van der Waals surface area contributed by atoms with Crippen LogP contribution in [0.3, 0.4) is 0 Å². The highest BCUT2D eigenvalue weighted by atomic mass is 19.4. The average Bonchev–Trinajstić information content (AvgIpc) is 3.06. The first-order valence-corrected chi connectivity index (χ1v) is 9.51. The topological polar surface area (TPSA) is 119 Å². The summed E-state index contributed by atoms with van der Waals surface area (Å²) in [6, 6.07) is 6.28. The molecule has 0 bridgehead atoms. The Kier molecular flexibility index (Phi) is 5.92. The quantitative estimate of drug-likeness (QED) is 0.285. The zero-order valence-corrected chi connectivity index (χ0v) is 17.3. The fraction of sp³-hybridized carbons (Fsp3) is 0.333. The number of alkyl halides is 3. The Bertz CT molecular complexity index is 1150. The van der Waals surface area contributed by atoms with Crippen molar-refractivity contribution in [2.24, 2.45) is 0 Å². The summed E-state index contributed by atoms with van der Waals surface area (Å²) in [6.45, 7) is 2.35. The number of nitrogens with zero attached hydrogens (tertiary/aromatic N) is 1. The van der Waals surface area contributed by atoms with E-state index in [2.05, 4.69) is 0 Å². The lowest BCUT2D eigenvalue weighted by Gasteiger charge is -2.36. The fourth-order valence-corrected chi connectivity index (χ4v) is 3.57. The molecule has 8 nitrogen and oxygen atoms in total. The maximum Gasteiger partial charge on any atom is 0.426 e. The van der Waals surface area contributed by atoms with Crippen LogP contribution in [0, 0.1) is 15.9 Å². The molecule has 0 aromatic heterocycles. The van der Waals surface area contributed by atoms with Gasteiger partial charge in [0.1, 0.15) is 6.61 Å². The largest absolute Gasteiger partial charge is 0.457 e. The minimum atomic E-state index is -5.41. The molecule has 0 spiro atoms. The smallest absolute Gasteiger partial charge is 0.426 e. The number of fused-ring (bicyclic) bond motifs is 1. The molecule has 1 unspecified atom stereocenters. The first kappa shape index (κ1) is 24.1. The second-order valence-electron chi connectivity index (χ2n) is 8.24. The number of hydrogen-bond acceptors (Lipinski definition) is 6. The molecule has 1 aliphatic heterocycles. The van der Waals surface area contributed by atoms with Crippen molar-refractivity contribution < 1.29 is 41.9 Å². The fourth-order valence-electron chi connectivity index (χ4n) is 3.57. The van der Waals surface area contributed by atoms with Gasteiger partial charge >= 0.3 is 17.8 Å². The van der Waals surface area contributed by atoms with Crippen LogP contribution in [0.15, 0.2) is 36.4 Å². The van der Waals surface area contributed by atoms with Gasteiger partial charge in [0.05, 0.1) is 10.5 Å². The third-order valence-electron chi connectivity index (χ3n) is 5.41. The molecule has 3 rings (SSSR count). The molecule has 0 fully saturated rings. The summed E-state index contributed by atoms with van der Waals surface area (Å²) in [6.07, 6.45) is -6.62. The summed E-state index contributed by atoms with van der Waals surface area (Å²) in [4.78, 5) is 33.9. The molecule has 2 aromatic rings. The number of halogens is 4. The van der Waals surface area contributed by atoms with Crippen molar-refractivity contribution in [2.75, 3.05) is 5.32 Å². The first-order chi connectivity index (χ1) is 15.2. The lowest BCUT2D eigenvalue weighted by molar-refractivity contribution is -0.387. The number of anilines is 1. The number of nitro groups is 1. The number of benzene rings is 2. The minimum Gasteiger partial charge on any atom is -0.457 e. The Morgan fingerprint density at radius 1 is 1.21 bits per heavy atom. The zero-order chi connectivity index (χ0) is 24.8. The van der Waals surface area contributed by atoms with E-state index < -0.39 is 51.9 Å². The molecule has 1 amide bonds. The minimum absolute atomic E-state index is 0.0886. The Labute approximate surface area is 184 Å². The maximum atomic E-state index is 14.0. The predicted octanol–water partition coefficient (Wildman–Crippen LogP) is 4.00. The Morgan fingerprint density at radius 3 is 2.45 bits per heavy atom. The van der Waals surface area contributed by atoms with Gasteiger partial charge in [0.2, 0.25) is 11.4 Å². The molecule has 1 aliphatic rings. The summed E-state index contributed by atoms with van der Waals surface area (Å²) in [7, 11) is 0. The van der Waals surface area contributed by atoms with Crippen LogP contribution in [-0.2, 0) is 21.6 Å². The Morgan fingerprint density at radius 2 is 1.88 bits per heavy atom. The van der Waals surface area contributed by atoms with Gasteiger partial charge in [-0.1, -0.05) is 19.9 Å². The van der Waals surface area contributed by atoms with E-state index >= 15 is 0 Å². The molecule has 0 saturated carbocycles. The van der Waals surface area contributed by atoms with E-state index in [1.54, 1.807) is 0 Å². The normalized spacial score (nSPS) is 15.4. The lowest BCUT2D eigenvalue weighted by atomic mass is 9.74. The average molecular weight is 470 g/mol. The van der Waals surface area contributed by atoms with Crippen LogP contribution in [0.1, 0.15) is 41.8 Å². The molecule has 1 atom stereocenters. The van der Waals surface area contributed by atoms with Gasteiger partial charge in [0.15, 0.2) is 0 Å². The van der Waals surface area contributed by atoms with E-state index in [-0.39, 0.29) is 23.4 Å². The molecular formula is C21H18F4N2O6. The molecule has 1 heterocycles. The standard InChI is InChI=1S/C21H18F4N2O6/c1-19(2,12-3-6-16(27(31)32)15(22)8-12)10-20(30,21(23,24)25)18(29)26-13-4-5-14-11(7-13)9-33-17(14)28/h3-8,30H,9-10H2,1-2H3,(H,26,29). The van der Waals surface area contributed by atoms with Gasteiger partial charge in [0, 0.05) is 23.7 Å².